The maximum absolute atomic E-state index is 12.3. The van der Waals surface area contributed by atoms with Gasteiger partial charge in [-0.15, -0.1) is 0 Å². The number of benzene rings is 1. The molecule has 0 amide bonds. The van der Waals surface area contributed by atoms with Crippen molar-refractivity contribution < 1.29 is 18.9 Å². The molecule has 1 saturated heterocycles. The second kappa shape index (κ2) is 7.74. The van der Waals surface area contributed by atoms with Crippen molar-refractivity contribution >= 4 is 25.1 Å². The highest BCUT2D eigenvalue weighted by molar-refractivity contribution is 6.55. The molecule has 6 heteroatoms. The summed E-state index contributed by atoms with van der Waals surface area (Å²) in [4.78, 5) is 26.6. The molecule has 2 unspecified atom stereocenters. The molecule has 0 radical (unpaired) electrons. The van der Waals surface area contributed by atoms with Gasteiger partial charge >= 0.3 is 19.1 Å². The molecule has 1 heterocycles. The summed E-state index contributed by atoms with van der Waals surface area (Å²) in [6, 6.07) is 9.64. The first-order chi connectivity index (χ1) is 13.4. The third-order valence-electron chi connectivity index (χ3n) is 6.94. The average Bonchev–Trinajstić information content (AvgIpc) is 2.65. The summed E-state index contributed by atoms with van der Waals surface area (Å²) in [5.41, 5.74) is 1.34. The molecule has 2 bridgehead atoms. The van der Waals surface area contributed by atoms with E-state index in [9.17, 15) is 9.59 Å². The normalized spacial score (nSPS) is 30.2. The van der Waals surface area contributed by atoms with E-state index >= 15 is 0 Å². The summed E-state index contributed by atoms with van der Waals surface area (Å²) in [5.74, 6) is 2.97. The molecule has 4 aliphatic rings. The molecule has 3 aliphatic carbocycles. The highest BCUT2D eigenvalue weighted by Gasteiger charge is 2.54. The fourth-order valence-corrected chi connectivity index (χ4v) is 5.25. The molecule has 1 aliphatic heterocycles. The van der Waals surface area contributed by atoms with Crippen molar-refractivity contribution in [3.05, 3.63) is 41.9 Å². The summed E-state index contributed by atoms with van der Waals surface area (Å²) in [6.07, 6.45) is 5.51. The standard InChI is InChI=1S/C22H28BNO4/c1-22(2)18-9-8-17(19(22)12-18)13-24-14-20(25)27-23(28-21(26)15-24)11-10-16-6-4-3-5-7-16/h3-7,10-11,17-19H,8-9,12-15H2,1-2H3/b11-10+/t17?,18-,19?/m1/s1. The van der Waals surface area contributed by atoms with Crippen LogP contribution in [0, 0.1) is 23.2 Å². The molecule has 3 atom stereocenters. The fraction of sp³-hybridized carbons (Fsp3) is 0.545. The van der Waals surface area contributed by atoms with E-state index in [0.29, 0.717) is 17.3 Å². The van der Waals surface area contributed by atoms with Crippen LogP contribution in [-0.2, 0) is 18.9 Å². The van der Waals surface area contributed by atoms with Crippen molar-refractivity contribution in [2.24, 2.45) is 23.2 Å². The second-order valence-corrected chi connectivity index (χ2v) is 8.99. The van der Waals surface area contributed by atoms with Gasteiger partial charge in [0.05, 0.1) is 13.1 Å². The predicted octanol–water partition coefficient (Wildman–Crippen LogP) is 3.20. The van der Waals surface area contributed by atoms with E-state index in [1.54, 1.807) is 12.1 Å². The number of hydrogen-bond donors (Lipinski definition) is 0. The van der Waals surface area contributed by atoms with Crippen LogP contribution in [0.15, 0.2) is 36.3 Å². The molecular weight excluding hydrogens is 353 g/mol. The number of nitrogens with zero attached hydrogens (tertiary/aromatic N) is 1. The van der Waals surface area contributed by atoms with Gasteiger partial charge in [0.15, 0.2) is 0 Å². The van der Waals surface area contributed by atoms with Crippen LogP contribution < -0.4 is 0 Å². The maximum atomic E-state index is 12.3. The SMILES string of the molecule is CC1(C)C2C[C@H]1CCC2CN1CC(=O)OB(/C=C/c2ccccc2)OC(=O)C1. The number of fused-ring (bicyclic) bond motifs is 2. The average molecular weight is 381 g/mol. The van der Waals surface area contributed by atoms with Crippen LogP contribution in [0.1, 0.15) is 38.7 Å². The minimum atomic E-state index is -0.969. The van der Waals surface area contributed by atoms with Crippen LogP contribution in [0.4, 0.5) is 0 Å². The van der Waals surface area contributed by atoms with Gasteiger partial charge in [-0.25, -0.2) is 0 Å². The van der Waals surface area contributed by atoms with Gasteiger partial charge in [-0.3, -0.25) is 14.5 Å². The Morgan fingerprint density at radius 2 is 1.79 bits per heavy atom. The zero-order valence-corrected chi connectivity index (χ0v) is 16.7. The number of rotatable bonds is 4. The van der Waals surface area contributed by atoms with Crippen LogP contribution >= 0.6 is 0 Å². The summed E-state index contributed by atoms with van der Waals surface area (Å²) >= 11 is 0. The number of carbonyl (C=O) groups excluding carboxylic acids is 2. The summed E-state index contributed by atoms with van der Waals surface area (Å²) in [7, 11) is -0.969. The molecule has 3 saturated carbocycles. The van der Waals surface area contributed by atoms with Gasteiger partial charge in [-0.05, 0) is 54.0 Å². The minimum absolute atomic E-state index is 0.137. The smallest absolute Gasteiger partial charge is 0.495 e. The van der Waals surface area contributed by atoms with Gasteiger partial charge in [-0.2, -0.15) is 0 Å². The van der Waals surface area contributed by atoms with E-state index in [-0.39, 0.29) is 25.0 Å². The molecule has 4 fully saturated rings. The zero-order valence-electron chi connectivity index (χ0n) is 16.7. The Morgan fingerprint density at radius 1 is 1.11 bits per heavy atom. The van der Waals surface area contributed by atoms with Crippen molar-refractivity contribution in [2.75, 3.05) is 19.6 Å². The molecule has 0 N–H and O–H groups in total. The molecule has 5 nitrogen and oxygen atoms in total. The highest BCUT2D eigenvalue weighted by Crippen LogP contribution is 2.61. The quantitative estimate of drug-likeness (QED) is 0.750. The van der Waals surface area contributed by atoms with Crippen LogP contribution in [0.3, 0.4) is 0 Å². The van der Waals surface area contributed by atoms with E-state index in [1.807, 2.05) is 35.2 Å². The van der Waals surface area contributed by atoms with Gasteiger partial charge < -0.3 is 9.31 Å². The molecule has 28 heavy (non-hydrogen) atoms. The molecule has 1 aromatic rings. The lowest BCUT2D eigenvalue weighted by Crippen LogP contribution is -2.55. The zero-order chi connectivity index (χ0) is 19.7. The molecular formula is C22H28BNO4. The topological polar surface area (TPSA) is 55.8 Å². The van der Waals surface area contributed by atoms with Crippen LogP contribution in [0.25, 0.3) is 6.08 Å². The molecule has 1 aromatic carbocycles. The number of carbonyl (C=O) groups is 2. The first-order valence-electron chi connectivity index (χ1n) is 10.3. The largest absolute Gasteiger partial charge is 0.628 e. The van der Waals surface area contributed by atoms with Gasteiger partial charge in [0.2, 0.25) is 0 Å². The Kier molecular flexibility index (Phi) is 5.32. The Labute approximate surface area is 167 Å². The van der Waals surface area contributed by atoms with E-state index in [2.05, 4.69) is 13.8 Å². The van der Waals surface area contributed by atoms with E-state index in [0.717, 1.165) is 18.0 Å². The van der Waals surface area contributed by atoms with Crippen molar-refractivity contribution in [2.45, 2.75) is 33.1 Å². The Bertz CT molecular complexity index is 741. The number of hydrogen-bond acceptors (Lipinski definition) is 5. The minimum Gasteiger partial charge on any atom is -0.495 e. The van der Waals surface area contributed by atoms with Crippen LogP contribution in [0.5, 0.6) is 0 Å². The molecule has 0 spiro atoms. The Morgan fingerprint density at radius 3 is 2.39 bits per heavy atom. The third kappa shape index (κ3) is 4.02. The van der Waals surface area contributed by atoms with Crippen molar-refractivity contribution in [3.8, 4) is 0 Å². The fourth-order valence-electron chi connectivity index (χ4n) is 5.25. The second-order valence-electron chi connectivity index (χ2n) is 8.99. The first-order valence-corrected chi connectivity index (χ1v) is 10.3. The lowest BCUT2D eigenvalue weighted by molar-refractivity contribution is -0.148. The monoisotopic (exact) mass is 381 g/mol. The highest BCUT2D eigenvalue weighted by atomic mass is 16.6. The lowest BCUT2D eigenvalue weighted by atomic mass is 9.45. The van der Waals surface area contributed by atoms with Gasteiger partial charge in [0, 0.05) is 6.54 Å². The van der Waals surface area contributed by atoms with Gasteiger partial charge in [0.1, 0.15) is 0 Å². The van der Waals surface area contributed by atoms with Gasteiger partial charge in [-0.1, -0.05) is 50.3 Å². The van der Waals surface area contributed by atoms with Crippen molar-refractivity contribution in [1.29, 1.82) is 0 Å². The first kappa shape index (κ1) is 19.3. The molecule has 0 aromatic heterocycles. The third-order valence-corrected chi connectivity index (χ3v) is 6.94. The summed E-state index contributed by atoms with van der Waals surface area (Å²) in [5, 5.41) is 0. The predicted molar refractivity (Wildman–Crippen MR) is 108 cm³/mol. The van der Waals surface area contributed by atoms with Crippen LogP contribution in [-0.4, -0.2) is 43.6 Å². The van der Waals surface area contributed by atoms with Crippen molar-refractivity contribution in [3.63, 3.8) is 0 Å². The molecule has 148 valence electrons. The molecule has 5 rings (SSSR count). The lowest BCUT2D eigenvalue weighted by Gasteiger charge is -2.60. The van der Waals surface area contributed by atoms with E-state index in [1.165, 1.54) is 19.3 Å². The summed E-state index contributed by atoms with van der Waals surface area (Å²) in [6.45, 7) is 5.75. The van der Waals surface area contributed by atoms with Crippen molar-refractivity contribution in [1.82, 2.24) is 4.90 Å². The summed E-state index contributed by atoms with van der Waals surface area (Å²) < 4.78 is 10.7. The van der Waals surface area contributed by atoms with E-state index in [4.69, 9.17) is 9.31 Å². The Balaban J connectivity index is 1.36. The van der Waals surface area contributed by atoms with Crippen LogP contribution in [0.2, 0.25) is 0 Å². The van der Waals surface area contributed by atoms with Gasteiger partial charge in [0.25, 0.3) is 0 Å². The maximum Gasteiger partial charge on any atom is 0.628 e. The van der Waals surface area contributed by atoms with E-state index < -0.39 is 7.12 Å². The Hall–Kier alpha value is -2.08.